The number of aliphatic hydroxyl groups excluding tert-OH is 2. The molecule has 11 heteroatoms. The van der Waals surface area contributed by atoms with Gasteiger partial charge in [-0.1, -0.05) is 56.3 Å². The number of ketones is 1. The Labute approximate surface area is 229 Å². The van der Waals surface area contributed by atoms with Gasteiger partial charge in [-0.25, -0.2) is 8.42 Å². The molecule has 212 valence electrons. The zero-order valence-electron chi connectivity index (χ0n) is 22.3. The van der Waals surface area contributed by atoms with Gasteiger partial charge < -0.3 is 20.8 Å². The Morgan fingerprint density at radius 1 is 0.974 bits per heavy atom. The smallest absolute Gasteiger partial charge is 0.287 e. The second-order valence-corrected chi connectivity index (χ2v) is 12.4. The molecule has 0 aliphatic carbocycles. The van der Waals surface area contributed by atoms with Crippen molar-refractivity contribution >= 4 is 27.6 Å². The van der Waals surface area contributed by atoms with E-state index in [4.69, 9.17) is 0 Å². The number of hydrogen-bond donors (Lipinski definition) is 4. The molecule has 4 N–H and O–H groups in total. The van der Waals surface area contributed by atoms with Gasteiger partial charge in [-0.05, 0) is 42.0 Å². The Hall–Kier alpha value is -3.12. The molecule has 1 heterocycles. The van der Waals surface area contributed by atoms with Crippen LogP contribution in [0.2, 0.25) is 0 Å². The van der Waals surface area contributed by atoms with Gasteiger partial charge in [0.2, 0.25) is 21.7 Å². The maximum atomic E-state index is 13.1. The summed E-state index contributed by atoms with van der Waals surface area (Å²) in [7, 11) is -3.64. The highest BCUT2D eigenvalue weighted by Gasteiger charge is 2.33. The average molecular weight is 560 g/mol. The molecule has 3 rings (SSSR count). The normalized spacial score (nSPS) is 15.9. The van der Waals surface area contributed by atoms with Crippen molar-refractivity contribution in [3.05, 3.63) is 54.6 Å². The van der Waals surface area contributed by atoms with Crippen LogP contribution in [0.15, 0.2) is 59.5 Å². The van der Waals surface area contributed by atoms with E-state index in [1.54, 1.807) is 24.3 Å². The van der Waals surface area contributed by atoms with Crippen LogP contribution in [0.3, 0.4) is 0 Å². The molecule has 39 heavy (non-hydrogen) atoms. The van der Waals surface area contributed by atoms with Crippen LogP contribution < -0.4 is 10.6 Å². The summed E-state index contributed by atoms with van der Waals surface area (Å²) in [6.45, 7) is 3.42. The summed E-state index contributed by atoms with van der Waals surface area (Å²) < 4.78 is 27.7. The Bertz CT molecular complexity index is 1240. The minimum absolute atomic E-state index is 0.0317. The van der Waals surface area contributed by atoms with E-state index >= 15 is 0 Å². The highest BCUT2D eigenvalue weighted by atomic mass is 32.2. The van der Waals surface area contributed by atoms with Crippen molar-refractivity contribution in [3.8, 4) is 11.1 Å². The van der Waals surface area contributed by atoms with Crippen LogP contribution in [-0.2, 0) is 24.4 Å². The maximum Gasteiger partial charge on any atom is 0.287 e. The highest BCUT2D eigenvalue weighted by molar-refractivity contribution is 7.89. The summed E-state index contributed by atoms with van der Waals surface area (Å²) in [6, 6.07) is 16.5. The molecule has 0 aromatic heterocycles. The number of sulfonamides is 1. The molecule has 2 aromatic carbocycles. The molecule has 1 fully saturated rings. The van der Waals surface area contributed by atoms with Crippen LogP contribution in [0.25, 0.3) is 11.1 Å². The molecule has 2 amide bonds. The van der Waals surface area contributed by atoms with Gasteiger partial charge in [0, 0.05) is 38.0 Å². The highest BCUT2D eigenvalue weighted by Crippen LogP contribution is 2.26. The van der Waals surface area contributed by atoms with E-state index in [9.17, 15) is 33.0 Å². The van der Waals surface area contributed by atoms with Crippen LogP contribution in [0.1, 0.15) is 33.1 Å². The van der Waals surface area contributed by atoms with E-state index < -0.39 is 45.7 Å². The van der Waals surface area contributed by atoms with E-state index in [0.29, 0.717) is 25.9 Å². The first kappa shape index (κ1) is 30.4. The summed E-state index contributed by atoms with van der Waals surface area (Å²) in [5.41, 5.74) is 0.908. The largest absolute Gasteiger partial charge is 0.396 e. The SMILES string of the molecule is CC(C)(CO)C(O)C(=O)NCCC(=O)C(=O)NCC1CCN(S(=O)(=O)c2ccc(-c3ccccc3)cc2)CC1. The number of Topliss-reactive ketones (excluding diaryl/α,β-unsaturated/α-hetero) is 1. The fraction of sp³-hybridized carbons (Fsp3) is 0.464. The third-order valence-electron chi connectivity index (χ3n) is 7.02. The average Bonchev–Trinajstić information content (AvgIpc) is 2.96. The molecule has 0 saturated carbocycles. The molecule has 0 spiro atoms. The number of benzene rings is 2. The summed E-state index contributed by atoms with van der Waals surface area (Å²) in [5.74, 6) is -2.17. The number of carbonyl (C=O) groups is 3. The summed E-state index contributed by atoms with van der Waals surface area (Å²) in [5, 5.41) is 24.2. The lowest BCUT2D eigenvalue weighted by atomic mass is 9.87. The Morgan fingerprint density at radius 2 is 1.56 bits per heavy atom. The predicted octanol–water partition coefficient (Wildman–Crippen LogP) is 1.33. The standard InChI is InChI=1S/C28H37N3O7S/c1-28(2,19-32)25(34)27(36)29-15-12-24(33)26(35)30-18-20-13-16-31(17-14-20)39(37,38)23-10-8-22(9-11-23)21-6-4-3-5-7-21/h3-11,20,25,32,34H,12-19H2,1-2H3,(H,29,36)(H,30,35). The van der Waals surface area contributed by atoms with Crippen LogP contribution >= 0.6 is 0 Å². The van der Waals surface area contributed by atoms with E-state index in [0.717, 1.165) is 11.1 Å². The van der Waals surface area contributed by atoms with Crippen LogP contribution in [0, 0.1) is 11.3 Å². The molecule has 2 aromatic rings. The number of amides is 2. The number of aliphatic hydroxyl groups is 2. The first-order valence-corrected chi connectivity index (χ1v) is 14.4. The van der Waals surface area contributed by atoms with E-state index in [1.807, 2.05) is 30.3 Å². The van der Waals surface area contributed by atoms with Crippen molar-refractivity contribution in [2.24, 2.45) is 11.3 Å². The Kier molecular flexibility index (Phi) is 10.4. The molecular formula is C28H37N3O7S. The molecule has 1 aliphatic rings. The molecule has 1 aliphatic heterocycles. The van der Waals surface area contributed by atoms with Gasteiger partial charge in [-0.3, -0.25) is 14.4 Å². The minimum atomic E-state index is -3.64. The van der Waals surface area contributed by atoms with Gasteiger partial charge in [0.1, 0.15) is 6.10 Å². The monoisotopic (exact) mass is 559 g/mol. The quantitative estimate of drug-likeness (QED) is 0.286. The van der Waals surface area contributed by atoms with Crippen molar-refractivity contribution in [1.82, 2.24) is 14.9 Å². The maximum absolute atomic E-state index is 13.1. The molecule has 10 nitrogen and oxygen atoms in total. The third kappa shape index (κ3) is 7.95. The van der Waals surface area contributed by atoms with Crippen molar-refractivity contribution in [2.75, 3.05) is 32.8 Å². The molecule has 0 radical (unpaired) electrons. The Morgan fingerprint density at radius 3 is 2.15 bits per heavy atom. The topological polar surface area (TPSA) is 153 Å². The van der Waals surface area contributed by atoms with Gasteiger partial charge in [0.05, 0.1) is 11.5 Å². The lowest BCUT2D eigenvalue weighted by Crippen LogP contribution is -2.46. The summed E-state index contributed by atoms with van der Waals surface area (Å²) in [4.78, 5) is 36.5. The van der Waals surface area contributed by atoms with Crippen molar-refractivity contribution in [1.29, 1.82) is 0 Å². The van der Waals surface area contributed by atoms with Gasteiger partial charge >= 0.3 is 0 Å². The molecular weight excluding hydrogens is 522 g/mol. The van der Waals surface area contributed by atoms with E-state index in [1.165, 1.54) is 18.2 Å². The van der Waals surface area contributed by atoms with Crippen LogP contribution in [0.5, 0.6) is 0 Å². The fourth-order valence-corrected chi connectivity index (χ4v) is 5.71. The fourth-order valence-electron chi connectivity index (χ4n) is 4.24. The van der Waals surface area contributed by atoms with Gasteiger partial charge in [-0.2, -0.15) is 4.31 Å². The first-order valence-electron chi connectivity index (χ1n) is 13.0. The molecule has 1 atom stereocenters. The first-order chi connectivity index (χ1) is 18.5. The number of piperidine rings is 1. The Balaban J connectivity index is 1.41. The number of nitrogens with zero attached hydrogens (tertiary/aromatic N) is 1. The van der Waals surface area contributed by atoms with Crippen LogP contribution in [0.4, 0.5) is 0 Å². The molecule has 1 saturated heterocycles. The zero-order valence-corrected chi connectivity index (χ0v) is 23.1. The summed E-state index contributed by atoms with van der Waals surface area (Å²) in [6.07, 6.45) is -0.590. The summed E-state index contributed by atoms with van der Waals surface area (Å²) >= 11 is 0. The lowest BCUT2D eigenvalue weighted by molar-refractivity contribution is -0.139. The molecule has 0 bridgehead atoms. The van der Waals surface area contributed by atoms with E-state index in [-0.39, 0.29) is 30.3 Å². The number of nitrogens with one attached hydrogen (secondary N) is 2. The van der Waals surface area contributed by atoms with Crippen LogP contribution in [-0.4, -0.2) is 79.4 Å². The van der Waals surface area contributed by atoms with E-state index in [2.05, 4.69) is 10.6 Å². The number of carbonyl (C=O) groups excluding carboxylic acids is 3. The van der Waals surface area contributed by atoms with Gasteiger partial charge in [-0.15, -0.1) is 0 Å². The van der Waals surface area contributed by atoms with Crippen molar-refractivity contribution in [3.63, 3.8) is 0 Å². The zero-order chi connectivity index (χ0) is 28.6. The molecule has 1 unspecified atom stereocenters. The second kappa shape index (κ2) is 13.3. The van der Waals surface area contributed by atoms with Crippen molar-refractivity contribution in [2.45, 2.75) is 44.1 Å². The number of rotatable bonds is 12. The third-order valence-corrected chi connectivity index (χ3v) is 8.94. The minimum Gasteiger partial charge on any atom is -0.396 e. The van der Waals surface area contributed by atoms with Crippen molar-refractivity contribution < 1.29 is 33.0 Å². The van der Waals surface area contributed by atoms with Gasteiger partial charge in [0.25, 0.3) is 5.91 Å². The number of hydrogen-bond acceptors (Lipinski definition) is 7. The van der Waals surface area contributed by atoms with Gasteiger partial charge in [0.15, 0.2) is 0 Å². The second-order valence-electron chi connectivity index (χ2n) is 10.5. The lowest BCUT2D eigenvalue weighted by Gasteiger charge is -2.31. The predicted molar refractivity (Wildman–Crippen MR) is 146 cm³/mol.